The quantitative estimate of drug-likeness (QED) is 0.847. The highest BCUT2D eigenvalue weighted by Crippen LogP contribution is 2.33. The number of carbonyl (C=O) groups is 1. The van der Waals surface area contributed by atoms with Crippen LogP contribution in [0.25, 0.3) is 0 Å². The Morgan fingerprint density at radius 1 is 1.52 bits per heavy atom. The third-order valence-corrected chi connectivity index (χ3v) is 5.17. The summed E-state index contributed by atoms with van der Waals surface area (Å²) in [4.78, 5) is 19.2. The molecular weight excluding hydrogens is 292 g/mol. The topological polar surface area (TPSA) is 71.2 Å². The first-order valence-electron chi connectivity index (χ1n) is 8.39. The number of nitriles is 1. The zero-order chi connectivity index (χ0) is 16.3. The van der Waals surface area contributed by atoms with Gasteiger partial charge in [0.05, 0.1) is 6.07 Å². The van der Waals surface area contributed by atoms with Crippen molar-refractivity contribution in [2.45, 2.75) is 32.1 Å². The van der Waals surface area contributed by atoms with Gasteiger partial charge < -0.3 is 14.2 Å². The van der Waals surface area contributed by atoms with Gasteiger partial charge >= 0.3 is 0 Å². The van der Waals surface area contributed by atoms with E-state index in [0.29, 0.717) is 32.0 Å². The molecule has 2 aliphatic rings. The molecule has 3 heterocycles. The molecule has 1 aromatic rings. The van der Waals surface area contributed by atoms with E-state index in [-0.39, 0.29) is 5.91 Å². The fourth-order valence-corrected chi connectivity index (χ4v) is 3.66. The summed E-state index contributed by atoms with van der Waals surface area (Å²) in [5.41, 5.74) is -0.872. The van der Waals surface area contributed by atoms with Gasteiger partial charge in [-0.25, -0.2) is 4.98 Å². The van der Waals surface area contributed by atoms with Crippen molar-refractivity contribution in [1.29, 1.82) is 5.26 Å². The number of ether oxygens (including phenoxy) is 1. The van der Waals surface area contributed by atoms with E-state index in [1.807, 2.05) is 28.9 Å². The van der Waals surface area contributed by atoms with Crippen LogP contribution < -0.4 is 0 Å². The summed E-state index contributed by atoms with van der Waals surface area (Å²) in [6.45, 7) is 2.50. The van der Waals surface area contributed by atoms with Crippen LogP contribution in [-0.4, -0.2) is 46.7 Å². The van der Waals surface area contributed by atoms with Crippen molar-refractivity contribution in [1.82, 2.24) is 14.5 Å². The average molecular weight is 316 g/mol. The molecule has 0 spiro atoms. The lowest BCUT2D eigenvalue weighted by molar-refractivity contribution is -0.145. The smallest absolute Gasteiger partial charge is 0.243 e. The van der Waals surface area contributed by atoms with Crippen molar-refractivity contribution in [3.63, 3.8) is 0 Å². The van der Waals surface area contributed by atoms with E-state index >= 15 is 0 Å². The predicted octanol–water partition coefficient (Wildman–Crippen LogP) is 1.52. The van der Waals surface area contributed by atoms with Crippen LogP contribution in [-0.2, 0) is 23.0 Å². The van der Waals surface area contributed by atoms with Crippen molar-refractivity contribution in [3.05, 3.63) is 18.2 Å². The molecule has 2 aliphatic heterocycles. The largest absolute Gasteiger partial charge is 0.381 e. The molecule has 6 nitrogen and oxygen atoms in total. The standard InChI is InChI=1S/C17H24N4O2/c1-20-8-6-19-15(20)11-14-3-2-7-21(12-14)16(22)17(13-18)4-9-23-10-5-17/h6,8,14H,2-5,7,9-12H2,1H3. The number of nitrogens with zero attached hydrogens (tertiary/aromatic N) is 4. The maximum absolute atomic E-state index is 12.9. The van der Waals surface area contributed by atoms with E-state index in [9.17, 15) is 10.1 Å². The lowest BCUT2D eigenvalue weighted by Crippen LogP contribution is -2.50. The van der Waals surface area contributed by atoms with Gasteiger partial charge in [-0.15, -0.1) is 0 Å². The van der Waals surface area contributed by atoms with Gasteiger partial charge in [0.2, 0.25) is 5.91 Å². The molecule has 3 rings (SSSR count). The molecule has 2 fully saturated rings. The number of carbonyl (C=O) groups excluding carboxylic acids is 1. The van der Waals surface area contributed by atoms with E-state index in [0.717, 1.165) is 38.2 Å². The highest BCUT2D eigenvalue weighted by atomic mass is 16.5. The molecule has 0 aromatic carbocycles. The first kappa shape index (κ1) is 16.0. The maximum atomic E-state index is 12.9. The van der Waals surface area contributed by atoms with E-state index in [1.165, 1.54) is 0 Å². The normalized spacial score (nSPS) is 24.2. The second-order valence-corrected chi connectivity index (χ2v) is 6.72. The lowest BCUT2D eigenvalue weighted by atomic mass is 9.79. The molecule has 0 aliphatic carbocycles. The van der Waals surface area contributed by atoms with Crippen LogP contribution in [0.5, 0.6) is 0 Å². The minimum absolute atomic E-state index is 0.00726. The minimum atomic E-state index is -0.872. The Morgan fingerprint density at radius 2 is 2.30 bits per heavy atom. The van der Waals surface area contributed by atoms with Gasteiger partial charge in [0.25, 0.3) is 0 Å². The van der Waals surface area contributed by atoms with Crippen molar-refractivity contribution in [3.8, 4) is 6.07 Å². The van der Waals surface area contributed by atoms with E-state index in [1.54, 1.807) is 0 Å². The second-order valence-electron chi connectivity index (χ2n) is 6.72. The van der Waals surface area contributed by atoms with Crippen molar-refractivity contribution in [2.24, 2.45) is 18.4 Å². The van der Waals surface area contributed by atoms with Gasteiger partial charge in [0.15, 0.2) is 0 Å². The summed E-state index contributed by atoms with van der Waals surface area (Å²) in [5.74, 6) is 1.49. The van der Waals surface area contributed by atoms with Crippen LogP contribution in [0.15, 0.2) is 12.4 Å². The summed E-state index contributed by atoms with van der Waals surface area (Å²) >= 11 is 0. The molecule has 6 heteroatoms. The number of piperidine rings is 1. The molecule has 1 atom stereocenters. The van der Waals surface area contributed by atoms with Gasteiger partial charge in [-0.05, 0) is 31.6 Å². The third kappa shape index (κ3) is 3.25. The van der Waals surface area contributed by atoms with Crippen molar-refractivity contribution < 1.29 is 9.53 Å². The number of amides is 1. The number of hydrogen-bond acceptors (Lipinski definition) is 4. The fraction of sp³-hybridized carbons (Fsp3) is 0.706. The Hall–Kier alpha value is -1.87. The van der Waals surface area contributed by atoms with Crippen molar-refractivity contribution >= 4 is 5.91 Å². The van der Waals surface area contributed by atoms with Crippen LogP contribution in [0.1, 0.15) is 31.5 Å². The summed E-state index contributed by atoms with van der Waals surface area (Å²) in [5, 5.41) is 9.59. The molecule has 0 saturated carbocycles. The van der Waals surface area contributed by atoms with Crippen LogP contribution in [0.3, 0.4) is 0 Å². The number of likely N-dealkylation sites (tertiary alicyclic amines) is 1. The summed E-state index contributed by atoms with van der Waals surface area (Å²) in [6, 6.07) is 2.30. The first-order chi connectivity index (χ1) is 11.1. The lowest BCUT2D eigenvalue weighted by Gasteiger charge is -2.39. The first-order valence-corrected chi connectivity index (χ1v) is 8.39. The molecule has 2 saturated heterocycles. The predicted molar refractivity (Wildman–Crippen MR) is 84.3 cm³/mol. The Labute approximate surface area is 137 Å². The summed E-state index contributed by atoms with van der Waals surface area (Å²) < 4.78 is 7.37. The van der Waals surface area contributed by atoms with E-state index in [2.05, 4.69) is 11.1 Å². The van der Waals surface area contributed by atoms with Crippen molar-refractivity contribution in [2.75, 3.05) is 26.3 Å². The fourth-order valence-electron chi connectivity index (χ4n) is 3.66. The van der Waals surface area contributed by atoms with E-state index < -0.39 is 5.41 Å². The Balaban J connectivity index is 1.67. The Bertz CT molecular complexity index is 598. The molecular formula is C17H24N4O2. The summed E-state index contributed by atoms with van der Waals surface area (Å²) in [6.07, 6.45) is 7.79. The van der Waals surface area contributed by atoms with Crippen LogP contribution in [0.2, 0.25) is 0 Å². The van der Waals surface area contributed by atoms with Crippen LogP contribution >= 0.6 is 0 Å². The third-order valence-electron chi connectivity index (χ3n) is 5.17. The van der Waals surface area contributed by atoms with Gasteiger partial charge in [-0.1, -0.05) is 0 Å². The van der Waals surface area contributed by atoms with Crippen LogP contribution in [0, 0.1) is 22.7 Å². The van der Waals surface area contributed by atoms with Gasteiger partial charge in [0, 0.05) is 52.2 Å². The Morgan fingerprint density at radius 3 is 2.96 bits per heavy atom. The summed E-state index contributed by atoms with van der Waals surface area (Å²) in [7, 11) is 2.00. The average Bonchev–Trinajstić information content (AvgIpc) is 3.00. The SMILES string of the molecule is Cn1ccnc1CC1CCCN(C(=O)C2(C#N)CCOCC2)C1. The molecule has 0 bridgehead atoms. The highest BCUT2D eigenvalue weighted by molar-refractivity contribution is 5.85. The molecule has 0 N–H and O–H groups in total. The zero-order valence-electron chi connectivity index (χ0n) is 13.7. The number of aromatic nitrogens is 2. The van der Waals surface area contributed by atoms with Gasteiger partial charge in [-0.3, -0.25) is 4.79 Å². The van der Waals surface area contributed by atoms with Gasteiger partial charge in [0.1, 0.15) is 11.2 Å². The van der Waals surface area contributed by atoms with Crippen LogP contribution in [0.4, 0.5) is 0 Å². The molecule has 1 aromatic heterocycles. The number of imidazole rings is 1. The van der Waals surface area contributed by atoms with Gasteiger partial charge in [-0.2, -0.15) is 5.26 Å². The molecule has 23 heavy (non-hydrogen) atoms. The maximum Gasteiger partial charge on any atom is 0.243 e. The number of aryl methyl sites for hydroxylation is 1. The molecule has 1 amide bonds. The number of hydrogen-bond donors (Lipinski definition) is 0. The minimum Gasteiger partial charge on any atom is -0.381 e. The second kappa shape index (κ2) is 6.71. The number of rotatable bonds is 3. The zero-order valence-corrected chi connectivity index (χ0v) is 13.7. The molecule has 0 radical (unpaired) electrons. The highest BCUT2D eigenvalue weighted by Gasteiger charge is 2.44. The molecule has 1 unspecified atom stereocenters. The molecule has 124 valence electrons. The van der Waals surface area contributed by atoms with E-state index in [4.69, 9.17) is 4.74 Å². The Kier molecular flexibility index (Phi) is 4.67. The monoisotopic (exact) mass is 316 g/mol.